The molecule has 0 spiro atoms. The number of rotatable bonds is 3. The van der Waals surface area contributed by atoms with Gasteiger partial charge in [0, 0.05) is 5.56 Å². The zero-order valence-corrected chi connectivity index (χ0v) is 12.5. The van der Waals surface area contributed by atoms with E-state index < -0.39 is 16.3 Å². The predicted molar refractivity (Wildman–Crippen MR) is 74.7 cm³/mol. The Bertz CT molecular complexity index is 917. The normalized spacial score (nSPS) is 9.91. The molecule has 2 rings (SSSR count). The van der Waals surface area contributed by atoms with E-state index in [9.17, 15) is 12.8 Å². The Balaban J connectivity index is 2.77. The molecule has 0 saturated heterocycles. The van der Waals surface area contributed by atoms with E-state index in [0.717, 1.165) is 18.5 Å². The van der Waals surface area contributed by atoms with Crippen LogP contribution in [-0.4, -0.2) is 25.5 Å². The second-order valence-electron chi connectivity index (χ2n) is 3.81. The maximum Gasteiger partial charge on any atom is 0.316 e. The number of aromatic nitrogens is 2. The van der Waals surface area contributed by atoms with Gasteiger partial charge in [0.2, 0.25) is 5.88 Å². The van der Waals surface area contributed by atoms with E-state index in [1.165, 1.54) is 7.11 Å². The maximum absolute atomic E-state index is 14.1. The third-order valence-electron chi connectivity index (χ3n) is 2.58. The van der Waals surface area contributed by atoms with Crippen molar-refractivity contribution < 1.29 is 17.5 Å². The summed E-state index contributed by atoms with van der Waals surface area (Å²) in [6, 6.07) is 3.58. The van der Waals surface area contributed by atoms with Gasteiger partial charge in [-0.3, -0.25) is 0 Å². The van der Waals surface area contributed by atoms with Gasteiger partial charge in [-0.05, 0) is 12.1 Å². The molecule has 0 bridgehead atoms. The molecular formula is C12H6ClFN4O3S. The van der Waals surface area contributed by atoms with Crippen molar-refractivity contribution in [3.05, 3.63) is 34.9 Å². The fourth-order valence-corrected chi connectivity index (χ4v) is 2.26. The largest absolute Gasteiger partial charge is 0.480 e. The molecule has 0 unspecified atom stereocenters. The van der Waals surface area contributed by atoms with Crippen LogP contribution in [-0.2, 0) is 10.5 Å². The van der Waals surface area contributed by atoms with Gasteiger partial charge in [-0.15, -0.1) is 4.36 Å². The van der Waals surface area contributed by atoms with Gasteiger partial charge in [0.1, 0.15) is 23.2 Å². The van der Waals surface area contributed by atoms with Crippen molar-refractivity contribution in [2.45, 2.75) is 0 Å². The van der Waals surface area contributed by atoms with Crippen LogP contribution in [0.2, 0.25) is 5.02 Å². The molecule has 0 N–H and O–H groups in total. The molecule has 112 valence electrons. The average molecular weight is 341 g/mol. The highest BCUT2D eigenvalue weighted by Gasteiger charge is 2.18. The minimum absolute atomic E-state index is 0.0105. The summed E-state index contributed by atoms with van der Waals surface area (Å²) in [7, 11) is -1.47. The summed E-state index contributed by atoms with van der Waals surface area (Å²) in [5.74, 6) is -0.781. The zero-order valence-electron chi connectivity index (χ0n) is 10.9. The highest BCUT2D eigenvalue weighted by Crippen LogP contribution is 2.36. The minimum Gasteiger partial charge on any atom is -0.480 e. The zero-order chi connectivity index (χ0) is 16.3. The van der Waals surface area contributed by atoms with Crippen LogP contribution in [0.15, 0.2) is 22.8 Å². The average Bonchev–Trinajstić information content (AvgIpc) is 2.48. The Morgan fingerprint density at radius 3 is 2.73 bits per heavy atom. The van der Waals surface area contributed by atoms with E-state index in [4.69, 9.17) is 21.6 Å². The lowest BCUT2D eigenvalue weighted by Gasteiger charge is -2.08. The molecule has 1 aromatic heterocycles. The van der Waals surface area contributed by atoms with Crippen molar-refractivity contribution in [3.63, 3.8) is 0 Å². The van der Waals surface area contributed by atoms with Gasteiger partial charge in [0.25, 0.3) is 0 Å². The fraction of sp³-hybridized carbons (Fsp3) is 0.0833. The fourth-order valence-electron chi connectivity index (χ4n) is 1.67. The predicted octanol–water partition coefficient (Wildman–Crippen LogP) is 2.51. The lowest BCUT2D eigenvalue weighted by atomic mass is 10.1. The molecule has 1 heterocycles. The van der Waals surface area contributed by atoms with Gasteiger partial charge in [-0.1, -0.05) is 11.6 Å². The van der Waals surface area contributed by atoms with Gasteiger partial charge in [0.15, 0.2) is 0 Å². The summed E-state index contributed by atoms with van der Waals surface area (Å²) in [5, 5.41) is 8.85. The summed E-state index contributed by atoms with van der Waals surface area (Å²) >= 11 is 6.01. The lowest BCUT2D eigenvalue weighted by molar-refractivity contribution is 0.397. The Hall–Kier alpha value is -2.57. The second kappa shape index (κ2) is 6.46. The molecule has 10 heteroatoms. The van der Waals surface area contributed by atoms with E-state index >= 15 is 0 Å². The Kier molecular flexibility index (Phi) is 4.65. The van der Waals surface area contributed by atoms with Gasteiger partial charge >= 0.3 is 10.5 Å². The van der Waals surface area contributed by atoms with Crippen molar-refractivity contribution in [3.8, 4) is 23.2 Å². The van der Waals surface area contributed by atoms with Crippen LogP contribution in [0.25, 0.3) is 11.3 Å². The molecule has 0 aliphatic carbocycles. The second-order valence-corrected chi connectivity index (χ2v) is 4.81. The number of hydrogen-bond acceptors (Lipinski definition) is 7. The number of methoxy groups -OCH3 is 1. The van der Waals surface area contributed by atoms with Crippen LogP contribution in [0.5, 0.6) is 5.88 Å². The first kappa shape index (κ1) is 15.8. The van der Waals surface area contributed by atoms with Crippen LogP contribution in [0, 0.1) is 17.1 Å². The Labute approximate surface area is 130 Å². The van der Waals surface area contributed by atoms with Gasteiger partial charge in [-0.25, -0.2) is 14.4 Å². The maximum atomic E-state index is 14.1. The molecule has 7 nitrogen and oxygen atoms in total. The van der Waals surface area contributed by atoms with Crippen LogP contribution in [0.4, 0.5) is 10.1 Å². The Morgan fingerprint density at radius 2 is 2.14 bits per heavy atom. The molecule has 1 aromatic carbocycles. The SMILES string of the molecule is COc1ncnc(-c2cc(N=S(=O)=O)c(C#N)cc2F)c1Cl. The topological polar surface area (TPSA) is 105 Å². The first-order valence-electron chi connectivity index (χ1n) is 5.57. The van der Waals surface area contributed by atoms with Crippen molar-refractivity contribution in [2.75, 3.05) is 7.11 Å². The summed E-state index contributed by atoms with van der Waals surface area (Å²) in [5.41, 5.74) is -0.596. The minimum atomic E-state index is -2.80. The molecule has 0 radical (unpaired) electrons. The monoisotopic (exact) mass is 340 g/mol. The van der Waals surface area contributed by atoms with E-state index in [1.807, 2.05) is 0 Å². The van der Waals surface area contributed by atoms with Gasteiger partial charge in [0.05, 0.1) is 24.1 Å². The third-order valence-corrected chi connectivity index (χ3v) is 3.27. The number of halogens is 2. The number of nitriles is 1. The van der Waals surface area contributed by atoms with E-state index in [2.05, 4.69) is 14.3 Å². The first-order chi connectivity index (χ1) is 10.5. The summed E-state index contributed by atoms with van der Waals surface area (Å²) in [6.45, 7) is 0. The van der Waals surface area contributed by atoms with Crippen molar-refractivity contribution in [2.24, 2.45) is 4.36 Å². The van der Waals surface area contributed by atoms with Crippen molar-refractivity contribution >= 4 is 27.8 Å². The van der Waals surface area contributed by atoms with Crippen molar-refractivity contribution in [1.29, 1.82) is 5.26 Å². The van der Waals surface area contributed by atoms with Crippen LogP contribution in [0.3, 0.4) is 0 Å². The van der Waals surface area contributed by atoms with E-state index in [1.54, 1.807) is 6.07 Å². The molecule has 0 saturated carbocycles. The molecule has 22 heavy (non-hydrogen) atoms. The molecule has 0 aliphatic rings. The number of benzene rings is 1. The third kappa shape index (κ3) is 3.03. The van der Waals surface area contributed by atoms with E-state index in [0.29, 0.717) is 0 Å². The van der Waals surface area contributed by atoms with Gasteiger partial charge in [-0.2, -0.15) is 13.7 Å². The number of ether oxygens (including phenoxy) is 1. The molecule has 0 fully saturated rings. The smallest absolute Gasteiger partial charge is 0.316 e. The summed E-state index contributed by atoms with van der Waals surface area (Å²) < 4.78 is 43.7. The van der Waals surface area contributed by atoms with Crippen LogP contribution < -0.4 is 4.74 Å². The van der Waals surface area contributed by atoms with E-state index in [-0.39, 0.29) is 33.4 Å². The lowest BCUT2D eigenvalue weighted by Crippen LogP contribution is -1.96. The molecule has 0 amide bonds. The van der Waals surface area contributed by atoms with Crippen LogP contribution >= 0.6 is 11.6 Å². The quantitative estimate of drug-likeness (QED) is 0.850. The Morgan fingerprint density at radius 1 is 1.41 bits per heavy atom. The molecule has 0 atom stereocenters. The van der Waals surface area contributed by atoms with Gasteiger partial charge < -0.3 is 4.74 Å². The number of hydrogen-bond donors (Lipinski definition) is 0. The standard InChI is InChI=1S/C12H6ClFN4O3S/c1-21-12-10(13)11(16-5-17-12)7-3-9(18-22(19)20)6(4-15)2-8(7)14/h2-3,5H,1H3. The molecule has 2 aromatic rings. The summed E-state index contributed by atoms with van der Waals surface area (Å²) in [4.78, 5) is 7.61. The summed E-state index contributed by atoms with van der Waals surface area (Å²) in [6.07, 6.45) is 1.11. The molecular weight excluding hydrogens is 335 g/mol. The molecule has 0 aliphatic heterocycles. The number of nitrogens with zero attached hydrogens (tertiary/aromatic N) is 4. The first-order valence-corrected chi connectivity index (χ1v) is 6.98. The highest BCUT2D eigenvalue weighted by molar-refractivity contribution is 7.61. The van der Waals surface area contributed by atoms with Crippen molar-refractivity contribution in [1.82, 2.24) is 9.97 Å². The van der Waals surface area contributed by atoms with Crippen LogP contribution in [0.1, 0.15) is 5.56 Å². The highest BCUT2D eigenvalue weighted by atomic mass is 35.5.